The molecule has 1 amide bonds. The van der Waals surface area contributed by atoms with Crippen LogP contribution in [0.5, 0.6) is 0 Å². The van der Waals surface area contributed by atoms with E-state index in [9.17, 15) is 30.3 Å². The standard InChI is InChI=1S/C53H105NO8/c1-3-5-7-9-11-13-15-17-19-20-21-22-23-24-25-26-27-28-29-31-33-35-37-39-41-43-49(57)54-46(45-61-53-52(60)51(59)50(58)48(44-55)62-53)47(56)42-40-38-36-34-32-30-18-16-14-12-10-8-6-4-2/h46-48,50-53,55-56,58-60H,3-45H2,1-2H3,(H,54,57)/t46-,47+,48+,50-,51?,52?,53+/m0/s1. The predicted octanol–water partition coefficient (Wildman–Crippen LogP) is 12.7. The number of hydrogen-bond donors (Lipinski definition) is 6. The van der Waals surface area contributed by atoms with Crippen LogP contribution in [0.1, 0.15) is 277 Å². The van der Waals surface area contributed by atoms with Crippen molar-refractivity contribution in [2.24, 2.45) is 0 Å². The van der Waals surface area contributed by atoms with Gasteiger partial charge in [-0.15, -0.1) is 0 Å². The van der Waals surface area contributed by atoms with Gasteiger partial charge in [-0.05, 0) is 12.8 Å². The Morgan fingerprint density at radius 2 is 0.806 bits per heavy atom. The molecule has 0 bridgehead atoms. The summed E-state index contributed by atoms with van der Waals surface area (Å²) in [6, 6.07) is -0.712. The number of hydrogen-bond acceptors (Lipinski definition) is 8. The van der Waals surface area contributed by atoms with E-state index < -0.39 is 49.5 Å². The summed E-state index contributed by atoms with van der Waals surface area (Å²) in [5.41, 5.74) is 0. The van der Waals surface area contributed by atoms with E-state index in [1.54, 1.807) is 0 Å². The lowest BCUT2D eigenvalue weighted by Gasteiger charge is -2.40. The zero-order valence-electron chi connectivity index (χ0n) is 40.9. The number of aliphatic hydroxyl groups excluding tert-OH is 5. The molecule has 1 rings (SSSR count). The second-order valence-corrected chi connectivity index (χ2v) is 19.4. The molecule has 9 nitrogen and oxygen atoms in total. The first kappa shape index (κ1) is 59.2. The van der Waals surface area contributed by atoms with Crippen molar-refractivity contribution in [3.8, 4) is 0 Å². The lowest BCUT2D eigenvalue weighted by Crippen LogP contribution is -2.60. The third-order valence-corrected chi connectivity index (χ3v) is 13.5. The molecule has 1 aliphatic heterocycles. The Balaban J connectivity index is 2.18. The molecule has 2 unspecified atom stereocenters. The van der Waals surface area contributed by atoms with Crippen molar-refractivity contribution < 1.29 is 39.8 Å². The Hall–Kier alpha value is -0.810. The average molecular weight is 884 g/mol. The van der Waals surface area contributed by atoms with Crippen LogP contribution in [0.25, 0.3) is 0 Å². The molecule has 370 valence electrons. The zero-order chi connectivity index (χ0) is 45.1. The van der Waals surface area contributed by atoms with Crippen LogP contribution in [0, 0.1) is 0 Å². The van der Waals surface area contributed by atoms with Gasteiger partial charge < -0.3 is 40.3 Å². The van der Waals surface area contributed by atoms with Crippen molar-refractivity contribution in [3.05, 3.63) is 0 Å². The van der Waals surface area contributed by atoms with E-state index in [4.69, 9.17) is 9.47 Å². The van der Waals surface area contributed by atoms with Gasteiger partial charge in [-0.3, -0.25) is 4.79 Å². The van der Waals surface area contributed by atoms with Crippen molar-refractivity contribution in [2.45, 2.75) is 320 Å². The number of ether oxygens (including phenoxy) is 2. The summed E-state index contributed by atoms with van der Waals surface area (Å²) in [6.45, 7) is 3.87. The largest absolute Gasteiger partial charge is 0.394 e. The number of rotatable bonds is 47. The Bertz CT molecular complexity index is 939. The Morgan fingerprint density at radius 3 is 1.15 bits per heavy atom. The van der Waals surface area contributed by atoms with E-state index in [-0.39, 0.29) is 12.5 Å². The third-order valence-electron chi connectivity index (χ3n) is 13.5. The molecule has 1 aliphatic rings. The maximum absolute atomic E-state index is 13.0. The monoisotopic (exact) mass is 884 g/mol. The number of unbranched alkanes of at least 4 members (excludes halogenated alkanes) is 37. The van der Waals surface area contributed by atoms with Crippen LogP contribution in [-0.4, -0.2) is 87.5 Å². The van der Waals surface area contributed by atoms with Crippen LogP contribution < -0.4 is 5.32 Å². The van der Waals surface area contributed by atoms with E-state index in [0.29, 0.717) is 12.8 Å². The summed E-state index contributed by atoms with van der Waals surface area (Å²) >= 11 is 0. The summed E-state index contributed by atoms with van der Waals surface area (Å²) in [4.78, 5) is 13.0. The van der Waals surface area contributed by atoms with Gasteiger partial charge in [0.25, 0.3) is 0 Å². The molecule has 1 saturated heterocycles. The molecule has 1 heterocycles. The molecule has 0 aromatic rings. The summed E-state index contributed by atoms with van der Waals surface area (Å²) < 4.78 is 11.3. The van der Waals surface area contributed by atoms with Crippen LogP contribution in [-0.2, 0) is 14.3 Å². The molecular weight excluding hydrogens is 779 g/mol. The van der Waals surface area contributed by atoms with Crippen molar-refractivity contribution in [3.63, 3.8) is 0 Å². The fraction of sp³-hybridized carbons (Fsp3) is 0.981. The van der Waals surface area contributed by atoms with Crippen LogP contribution in [0.15, 0.2) is 0 Å². The van der Waals surface area contributed by atoms with E-state index in [2.05, 4.69) is 19.2 Å². The number of carbonyl (C=O) groups excluding carboxylic acids is 1. The number of nitrogens with one attached hydrogen (secondary N) is 1. The van der Waals surface area contributed by atoms with E-state index in [1.165, 1.54) is 212 Å². The van der Waals surface area contributed by atoms with Gasteiger partial charge in [-0.2, -0.15) is 0 Å². The van der Waals surface area contributed by atoms with Gasteiger partial charge in [-0.1, -0.05) is 258 Å². The average Bonchev–Trinajstić information content (AvgIpc) is 3.27. The van der Waals surface area contributed by atoms with E-state index >= 15 is 0 Å². The molecule has 0 saturated carbocycles. The third kappa shape index (κ3) is 33.6. The Labute approximate surface area is 383 Å². The van der Waals surface area contributed by atoms with E-state index in [0.717, 1.165) is 38.5 Å². The molecule has 0 aliphatic carbocycles. The number of amides is 1. The fourth-order valence-corrected chi connectivity index (χ4v) is 9.11. The summed E-state index contributed by atoms with van der Waals surface area (Å²) in [5.74, 6) is -0.138. The van der Waals surface area contributed by atoms with Crippen molar-refractivity contribution in [1.29, 1.82) is 0 Å². The van der Waals surface area contributed by atoms with Crippen molar-refractivity contribution in [1.82, 2.24) is 5.32 Å². The highest BCUT2D eigenvalue weighted by atomic mass is 16.7. The molecule has 1 fully saturated rings. The van der Waals surface area contributed by atoms with Gasteiger partial charge >= 0.3 is 0 Å². The van der Waals surface area contributed by atoms with Crippen molar-refractivity contribution in [2.75, 3.05) is 13.2 Å². The molecule has 0 aromatic heterocycles. The topological polar surface area (TPSA) is 149 Å². The number of carbonyl (C=O) groups is 1. The van der Waals surface area contributed by atoms with Crippen LogP contribution in [0.3, 0.4) is 0 Å². The molecule has 6 N–H and O–H groups in total. The lowest BCUT2D eigenvalue weighted by atomic mass is 9.99. The molecule has 0 spiro atoms. The van der Waals surface area contributed by atoms with Crippen LogP contribution >= 0.6 is 0 Å². The lowest BCUT2D eigenvalue weighted by molar-refractivity contribution is -0.302. The summed E-state index contributed by atoms with van der Waals surface area (Å²) in [7, 11) is 0. The van der Waals surface area contributed by atoms with Gasteiger partial charge in [0, 0.05) is 6.42 Å². The highest BCUT2D eigenvalue weighted by Gasteiger charge is 2.44. The maximum Gasteiger partial charge on any atom is 0.220 e. The normalized spacial score (nSPS) is 20.1. The molecule has 7 atom stereocenters. The van der Waals surface area contributed by atoms with Crippen molar-refractivity contribution >= 4 is 5.91 Å². The quantitative estimate of drug-likeness (QED) is 0.0331. The minimum absolute atomic E-state index is 0.131. The predicted molar refractivity (Wildman–Crippen MR) is 258 cm³/mol. The smallest absolute Gasteiger partial charge is 0.220 e. The minimum atomic E-state index is -1.55. The fourth-order valence-electron chi connectivity index (χ4n) is 9.11. The van der Waals surface area contributed by atoms with Gasteiger partial charge in [-0.25, -0.2) is 0 Å². The second kappa shape index (κ2) is 44.0. The first-order chi connectivity index (χ1) is 30.3. The minimum Gasteiger partial charge on any atom is -0.394 e. The Morgan fingerprint density at radius 1 is 0.484 bits per heavy atom. The first-order valence-electron chi connectivity index (χ1n) is 27.2. The highest BCUT2D eigenvalue weighted by molar-refractivity contribution is 5.76. The van der Waals surface area contributed by atoms with Crippen LogP contribution in [0.4, 0.5) is 0 Å². The molecule has 9 heteroatoms. The van der Waals surface area contributed by atoms with E-state index in [1.807, 2.05) is 0 Å². The SMILES string of the molecule is CCCCCCCCCCCCCCCCCCCCCCCCCCCC(=O)N[C@@H](CO[C@@H]1O[C@H](CO)[C@H](O)C(O)C1O)[C@H](O)CCCCCCCCCCCCCCCC. The zero-order valence-corrected chi connectivity index (χ0v) is 40.9. The summed E-state index contributed by atoms with van der Waals surface area (Å²) in [6.07, 6.45) is 44.1. The first-order valence-corrected chi connectivity index (χ1v) is 27.2. The van der Waals surface area contributed by atoms with Gasteiger partial charge in [0.1, 0.15) is 24.4 Å². The Kier molecular flexibility index (Phi) is 42.1. The second-order valence-electron chi connectivity index (χ2n) is 19.4. The van der Waals surface area contributed by atoms with Gasteiger partial charge in [0.05, 0.1) is 25.4 Å². The maximum atomic E-state index is 13.0. The molecule has 0 radical (unpaired) electrons. The summed E-state index contributed by atoms with van der Waals surface area (Å²) in [5, 5.41) is 54.5. The number of aliphatic hydroxyl groups is 5. The van der Waals surface area contributed by atoms with Gasteiger partial charge in [0.2, 0.25) is 5.91 Å². The molecular formula is C53H105NO8. The van der Waals surface area contributed by atoms with Crippen LogP contribution in [0.2, 0.25) is 0 Å². The molecule has 62 heavy (non-hydrogen) atoms. The highest BCUT2D eigenvalue weighted by Crippen LogP contribution is 2.23. The molecule has 0 aromatic carbocycles. The van der Waals surface area contributed by atoms with Gasteiger partial charge in [0.15, 0.2) is 6.29 Å².